The highest BCUT2D eigenvalue weighted by molar-refractivity contribution is 8.04. The summed E-state index contributed by atoms with van der Waals surface area (Å²) in [5, 5.41) is 6.64. The molecule has 1 aromatic rings. The zero-order valence-electron chi connectivity index (χ0n) is 18.1. The van der Waals surface area contributed by atoms with Crippen LogP contribution in [0.3, 0.4) is 0 Å². The number of aryl methyl sites for hydroxylation is 1. The second kappa shape index (κ2) is 11.8. The number of hydrogen-bond acceptors (Lipinski definition) is 4. The van der Waals surface area contributed by atoms with Gasteiger partial charge in [0.15, 0.2) is 0 Å². The highest BCUT2D eigenvalue weighted by Crippen LogP contribution is 2.39. The number of unbranched alkanes of at least 4 members (excludes halogenated alkanes) is 1. The topological polar surface area (TPSA) is 58.2 Å². The summed E-state index contributed by atoms with van der Waals surface area (Å²) >= 11 is 3.66. The van der Waals surface area contributed by atoms with Crippen LogP contribution in [0.5, 0.6) is 0 Å². The van der Waals surface area contributed by atoms with E-state index in [1.54, 1.807) is 11.8 Å². The summed E-state index contributed by atoms with van der Waals surface area (Å²) in [4.78, 5) is 26.0. The lowest BCUT2D eigenvalue weighted by Gasteiger charge is -2.39. The molecule has 3 rings (SSSR count). The summed E-state index contributed by atoms with van der Waals surface area (Å²) in [5.74, 6) is 2.49. The Hall–Kier alpha value is -1.40. The van der Waals surface area contributed by atoms with E-state index in [0.717, 1.165) is 48.4 Å². The molecule has 1 aromatic carbocycles. The smallest absolute Gasteiger partial charge is 0.257 e. The summed E-state index contributed by atoms with van der Waals surface area (Å²) in [7, 11) is 0. The zero-order valence-corrected chi connectivity index (χ0v) is 19.7. The molecule has 2 aliphatic rings. The highest BCUT2D eigenvalue weighted by atomic mass is 32.2. The number of amides is 2. The summed E-state index contributed by atoms with van der Waals surface area (Å²) in [6.45, 7) is 5.03. The van der Waals surface area contributed by atoms with Crippen molar-refractivity contribution in [2.24, 2.45) is 5.92 Å². The Labute approximate surface area is 189 Å². The molecule has 1 aliphatic heterocycles. The normalized spacial score (nSPS) is 24.9. The van der Waals surface area contributed by atoms with Gasteiger partial charge < -0.3 is 10.6 Å². The largest absolute Gasteiger partial charge is 0.356 e. The van der Waals surface area contributed by atoms with Crippen molar-refractivity contribution in [2.75, 3.05) is 18.1 Å². The van der Waals surface area contributed by atoms with Crippen molar-refractivity contribution in [2.45, 2.75) is 63.7 Å². The summed E-state index contributed by atoms with van der Waals surface area (Å²) in [6.07, 6.45) is 8.13. The number of rotatable bonds is 9. The van der Waals surface area contributed by atoms with E-state index in [4.69, 9.17) is 0 Å². The van der Waals surface area contributed by atoms with Gasteiger partial charge in [-0.05, 0) is 62.2 Å². The van der Waals surface area contributed by atoms with Gasteiger partial charge in [-0.15, -0.1) is 11.8 Å². The summed E-state index contributed by atoms with van der Waals surface area (Å²) in [6, 6.07) is 8.31. The Morgan fingerprint density at radius 3 is 2.77 bits per heavy atom. The molecule has 0 spiro atoms. The SMILES string of the molecule is CCCCSCCCNC(=O)C1CCC2S/C(=C/c3ccc(C)cc3)C(=O)NC2C1. The predicted octanol–water partition coefficient (Wildman–Crippen LogP) is 4.78. The lowest BCUT2D eigenvalue weighted by molar-refractivity contribution is -0.127. The molecule has 0 bridgehead atoms. The van der Waals surface area contributed by atoms with E-state index in [0.29, 0.717) is 5.25 Å². The van der Waals surface area contributed by atoms with Gasteiger partial charge in [0.25, 0.3) is 5.91 Å². The maximum atomic E-state index is 12.6. The van der Waals surface area contributed by atoms with Gasteiger partial charge in [0.2, 0.25) is 5.91 Å². The van der Waals surface area contributed by atoms with Gasteiger partial charge in [0.1, 0.15) is 0 Å². The molecule has 1 saturated heterocycles. The summed E-state index contributed by atoms with van der Waals surface area (Å²) in [5.41, 5.74) is 2.27. The first-order chi connectivity index (χ1) is 14.6. The van der Waals surface area contributed by atoms with E-state index in [9.17, 15) is 9.59 Å². The first-order valence-corrected chi connectivity index (χ1v) is 13.2. The number of hydrogen-bond donors (Lipinski definition) is 2. The van der Waals surface area contributed by atoms with Crippen LogP contribution in [0.15, 0.2) is 29.2 Å². The molecule has 4 nitrogen and oxygen atoms in total. The van der Waals surface area contributed by atoms with Crippen molar-refractivity contribution in [1.82, 2.24) is 10.6 Å². The quantitative estimate of drug-likeness (QED) is 0.423. The van der Waals surface area contributed by atoms with Gasteiger partial charge >= 0.3 is 0 Å². The van der Waals surface area contributed by atoms with Gasteiger partial charge in [-0.25, -0.2) is 0 Å². The van der Waals surface area contributed by atoms with Gasteiger partial charge in [0, 0.05) is 23.8 Å². The Morgan fingerprint density at radius 2 is 2.00 bits per heavy atom. The Balaban J connectivity index is 1.44. The second-order valence-electron chi connectivity index (χ2n) is 8.28. The summed E-state index contributed by atoms with van der Waals surface area (Å²) < 4.78 is 0. The third kappa shape index (κ3) is 6.81. The Morgan fingerprint density at radius 1 is 1.23 bits per heavy atom. The van der Waals surface area contributed by atoms with Gasteiger partial charge in [-0.3, -0.25) is 9.59 Å². The lowest BCUT2D eigenvalue weighted by atomic mass is 9.84. The molecule has 2 fully saturated rings. The third-order valence-electron chi connectivity index (χ3n) is 5.76. The molecule has 1 aliphatic carbocycles. The zero-order chi connectivity index (χ0) is 21.3. The fourth-order valence-electron chi connectivity index (χ4n) is 3.92. The monoisotopic (exact) mass is 446 g/mol. The molecular formula is C24H34N2O2S2. The Bertz CT molecular complexity index is 748. The second-order valence-corrected chi connectivity index (χ2v) is 10.8. The molecule has 3 unspecified atom stereocenters. The first kappa shape index (κ1) is 23.3. The van der Waals surface area contributed by atoms with E-state index >= 15 is 0 Å². The van der Waals surface area contributed by atoms with Gasteiger partial charge in [-0.2, -0.15) is 11.8 Å². The predicted molar refractivity (Wildman–Crippen MR) is 130 cm³/mol. The molecule has 1 heterocycles. The van der Waals surface area contributed by atoms with Crippen LogP contribution >= 0.6 is 23.5 Å². The van der Waals surface area contributed by atoms with Crippen molar-refractivity contribution in [3.05, 3.63) is 40.3 Å². The van der Waals surface area contributed by atoms with E-state index in [1.807, 2.05) is 30.0 Å². The molecule has 6 heteroatoms. The molecular weight excluding hydrogens is 412 g/mol. The standard InChI is InChI=1S/C24H34N2O2S2/c1-3-4-13-29-14-5-12-25-23(27)19-10-11-21-20(16-19)26-24(28)22(30-21)15-18-8-6-17(2)7-9-18/h6-9,15,19-21H,3-5,10-14,16H2,1-2H3,(H,25,27)(H,26,28)/b22-15+. The van der Waals surface area contributed by atoms with Crippen molar-refractivity contribution in [3.8, 4) is 0 Å². The minimum atomic E-state index is -0.00742. The third-order valence-corrected chi connectivity index (χ3v) is 8.34. The first-order valence-electron chi connectivity index (χ1n) is 11.2. The van der Waals surface area contributed by atoms with Gasteiger partial charge in [0.05, 0.1) is 4.91 Å². The average molecular weight is 447 g/mol. The number of fused-ring (bicyclic) bond motifs is 1. The van der Waals surface area contributed by atoms with Crippen LogP contribution in [0.4, 0.5) is 0 Å². The number of thioether (sulfide) groups is 2. The van der Waals surface area contributed by atoms with Crippen molar-refractivity contribution < 1.29 is 9.59 Å². The fourth-order valence-corrected chi connectivity index (χ4v) is 6.26. The highest BCUT2D eigenvalue weighted by Gasteiger charge is 2.39. The lowest BCUT2D eigenvalue weighted by Crippen LogP contribution is -2.51. The molecule has 2 amide bonds. The minimum Gasteiger partial charge on any atom is -0.356 e. The maximum Gasteiger partial charge on any atom is 0.257 e. The molecule has 2 N–H and O–H groups in total. The molecule has 0 radical (unpaired) electrons. The molecule has 3 atom stereocenters. The number of carbonyl (C=O) groups excluding carboxylic acids is 2. The van der Waals surface area contributed by atoms with E-state index in [-0.39, 0.29) is 23.8 Å². The van der Waals surface area contributed by atoms with Crippen molar-refractivity contribution in [3.63, 3.8) is 0 Å². The van der Waals surface area contributed by atoms with Crippen LogP contribution in [0.25, 0.3) is 6.08 Å². The maximum absolute atomic E-state index is 12.6. The van der Waals surface area contributed by atoms with Crippen LogP contribution in [0.2, 0.25) is 0 Å². The molecule has 30 heavy (non-hydrogen) atoms. The molecule has 0 aromatic heterocycles. The fraction of sp³-hybridized carbons (Fsp3) is 0.583. The Kier molecular flexibility index (Phi) is 9.19. The van der Waals surface area contributed by atoms with Crippen LogP contribution in [-0.4, -0.2) is 41.2 Å². The average Bonchev–Trinajstić information content (AvgIpc) is 2.74. The van der Waals surface area contributed by atoms with Crippen LogP contribution < -0.4 is 10.6 Å². The minimum absolute atomic E-state index is 0.00742. The number of nitrogens with one attached hydrogen (secondary N) is 2. The van der Waals surface area contributed by atoms with Crippen LogP contribution in [0.1, 0.15) is 56.6 Å². The van der Waals surface area contributed by atoms with Gasteiger partial charge in [-0.1, -0.05) is 43.2 Å². The van der Waals surface area contributed by atoms with E-state index in [1.165, 1.54) is 24.2 Å². The number of carbonyl (C=O) groups is 2. The number of benzene rings is 1. The molecule has 164 valence electrons. The van der Waals surface area contributed by atoms with Crippen molar-refractivity contribution in [1.29, 1.82) is 0 Å². The van der Waals surface area contributed by atoms with Crippen molar-refractivity contribution >= 4 is 41.4 Å². The van der Waals surface area contributed by atoms with Crippen LogP contribution in [0, 0.1) is 12.8 Å². The van der Waals surface area contributed by atoms with E-state index in [2.05, 4.69) is 36.6 Å². The van der Waals surface area contributed by atoms with E-state index < -0.39 is 0 Å². The molecule has 1 saturated carbocycles. The van der Waals surface area contributed by atoms with Crippen LogP contribution in [-0.2, 0) is 9.59 Å².